The van der Waals surface area contributed by atoms with Crippen molar-refractivity contribution in [1.29, 1.82) is 0 Å². The fraction of sp³-hybridized carbons (Fsp3) is 0.250. The average molecular weight is 278 g/mol. The Hall–Kier alpha value is -1.86. The second-order valence-electron chi connectivity index (χ2n) is 4.18. The second-order valence-corrected chi connectivity index (χ2v) is 6.36. The lowest BCUT2D eigenvalue weighted by molar-refractivity contribution is 0.519. The van der Waals surface area contributed by atoms with E-state index in [1.54, 1.807) is 0 Å². The summed E-state index contributed by atoms with van der Waals surface area (Å²) in [7, 11) is -0.371. The standard InChI is InChI=1S/C12H14N4O2S/c1-16(2)19(17,18)9-11-8-13-15-12(14-11)10-6-4-3-5-7-10/h3-8H,9H2,1-2H3. The van der Waals surface area contributed by atoms with E-state index in [0.29, 0.717) is 11.5 Å². The zero-order valence-electron chi connectivity index (χ0n) is 10.7. The summed E-state index contributed by atoms with van der Waals surface area (Å²) in [5, 5.41) is 7.72. The molecule has 1 heterocycles. The first-order valence-corrected chi connectivity index (χ1v) is 7.24. The first-order valence-electron chi connectivity index (χ1n) is 5.63. The van der Waals surface area contributed by atoms with E-state index in [1.165, 1.54) is 20.3 Å². The van der Waals surface area contributed by atoms with E-state index in [2.05, 4.69) is 15.2 Å². The van der Waals surface area contributed by atoms with Gasteiger partial charge in [-0.15, -0.1) is 5.10 Å². The van der Waals surface area contributed by atoms with Crippen LogP contribution >= 0.6 is 0 Å². The molecule has 19 heavy (non-hydrogen) atoms. The maximum Gasteiger partial charge on any atom is 0.219 e. The molecule has 2 rings (SSSR count). The first kappa shape index (κ1) is 13.6. The van der Waals surface area contributed by atoms with E-state index in [4.69, 9.17) is 0 Å². The molecule has 0 unspecified atom stereocenters. The predicted molar refractivity (Wildman–Crippen MR) is 71.6 cm³/mol. The van der Waals surface area contributed by atoms with Gasteiger partial charge in [0.25, 0.3) is 0 Å². The van der Waals surface area contributed by atoms with Crippen LogP contribution in [0, 0.1) is 0 Å². The lowest BCUT2D eigenvalue weighted by atomic mass is 10.2. The number of hydrogen-bond acceptors (Lipinski definition) is 5. The zero-order valence-corrected chi connectivity index (χ0v) is 11.5. The van der Waals surface area contributed by atoms with Gasteiger partial charge in [-0.25, -0.2) is 17.7 Å². The molecule has 0 spiro atoms. The molecule has 0 bridgehead atoms. The van der Waals surface area contributed by atoms with Crippen LogP contribution in [0.5, 0.6) is 0 Å². The van der Waals surface area contributed by atoms with Gasteiger partial charge in [0.05, 0.1) is 11.9 Å². The molecule has 100 valence electrons. The topological polar surface area (TPSA) is 76.1 Å². The summed E-state index contributed by atoms with van der Waals surface area (Å²) in [6.45, 7) is 0. The van der Waals surface area contributed by atoms with Gasteiger partial charge < -0.3 is 0 Å². The molecule has 0 atom stereocenters. The van der Waals surface area contributed by atoms with Crippen molar-refractivity contribution < 1.29 is 8.42 Å². The number of aromatic nitrogens is 3. The molecule has 1 aromatic heterocycles. The van der Waals surface area contributed by atoms with E-state index >= 15 is 0 Å². The third-order valence-electron chi connectivity index (χ3n) is 2.53. The number of rotatable bonds is 4. The molecule has 6 nitrogen and oxygen atoms in total. The summed E-state index contributed by atoms with van der Waals surface area (Å²) < 4.78 is 24.7. The molecule has 0 aliphatic heterocycles. The highest BCUT2D eigenvalue weighted by molar-refractivity contribution is 7.88. The minimum Gasteiger partial charge on any atom is -0.229 e. The zero-order chi connectivity index (χ0) is 13.9. The van der Waals surface area contributed by atoms with Crippen LogP contribution in [0.25, 0.3) is 11.4 Å². The summed E-state index contributed by atoms with van der Waals surface area (Å²) in [5.41, 5.74) is 1.18. The van der Waals surface area contributed by atoms with Crippen LogP contribution in [0.4, 0.5) is 0 Å². The van der Waals surface area contributed by atoms with Gasteiger partial charge in [-0.05, 0) is 0 Å². The van der Waals surface area contributed by atoms with E-state index in [1.807, 2.05) is 30.3 Å². The highest BCUT2D eigenvalue weighted by atomic mass is 32.2. The van der Waals surface area contributed by atoms with E-state index < -0.39 is 10.0 Å². The lowest BCUT2D eigenvalue weighted by Crippen LogP contribution is -2.24. The van der Waals surface area contributed by atoms with E-state index in [0.717, 1.165) is 9.87 Å². The van der Waals surface area contributed by atoms with Gasteiger partial charge in [-0.2, -0.15) is 5.10 Å². The van der Waals surface area contributed by atoms with Crippen molar-refractivity contribution in [2.24, 2.45) is 0 Å². The fourth-order valence-electron chi connectivity index (χ4n) is 1.43. The average Bonchev–Trinajstić information content (AvgIpc) is 2.39. The van der Waals surface area contributed by atoms with Gasteiger partial charge in [-0.3, -0.25) is 0 Å². The highest BCUT2D eigenvalue weighted by Gasteiger charge is 2.16. The summed E-state index contributed by atoms with van der Waals surface area (Å²) >= 11 is 0. The molecule has 0 amide bonds. The van der Waals surface area contributed by atoms with Gasteiger partial charge in [0.2, 0.25) is 10.0 Å². The van der Waals surface area contributed by atoms with Gasteiger partial charge in [0, 0.05) is 19.7 Å². The van der Waals surface area contributed by atoms with Gasteiger partial charge in [-0.1, -0.05) is 30.3 Å². The molecule has 0 fully saturated rings. The first-order chi connectivity index (χ1) is 8.99. The predicted octanol–water partition coefficient (Wildman–Crippen LogP) is 0.930. The Bertz CT molecular complexity index is 656. The second kappa shape index (κ2) is 5.41. The van der Waals surface area contributed by atoms with E-state index in [9.17, 15) is 8.42 Å². The molecule has 2 aromatic rings. The van der Waals surface area contributed by atoms with Crippen LogP contribution in [0.1, 0.15) is 5.69 Å². The summed E-state index contributed by atoms with van der Waals surface area (Å²) in [6, 6.07) is 9.31. The Labute approximate surface area is 112 Å². The smallest absolute Gasteiger partial charge is 0.219 e. The lowest BCUT2D eigenvalue weighted by Gasteiger charge is -2.10. The van der Waals surface area contributed by atoms with Crippen molar-refractivity contribution in [3.63, 3.8) is 0 Å². The van der Waals surface area contributed by atoms with Crippen LogP contribution in [-0.4, -0.2) is 42.0 Å². The molecule has 1 aromatic carbocycles. The number of sulfonamides is 1. The number of nitrogens with zero attached hydrogens (tertiary/aromatic N) is 4. The van der Waals surface area contributed by atoms with Crippen molar-refractivity contribution in [2.75, 3.05) is 14.1 Å². The Morgan fingerprint density at radius 2 is 1.84 bits per heavy atom. The summed E-state index contributed by atoms with van der Waals surface area (Å²) in [4.78, 5) is 4.23. The SMILES string of the molecule is CN(C)S(=O)(=O)Cc1cnnc(-c2ccccc2)n1. The van der Waals surface area contributed by atoms with Crippen LogP contribution in [0.3, 0.4) is 0 Å². The van der Waals surface area contributed by atoms with Gasteiger partial charge >= 0.3 is 0 Å². The molecule has 0 aliphatic rings. The fourth-order valence-corrected chi connectivity index (χ4v) is 2.20. The maximum absolute atomic E-state index is 11.8. The largest absolute Gasteiger partial charge is 0.229 e. The van der Waals surface area contributed by atoms with Crippen molar-refractivity contribution in [2.45, 2.75) is 5.75 Å². The van der Waals surface area contributed by atoms with Crippen LogP contribution in [0.15, 0.2) is 36.5 Å². The van der Waals surface area contributed by atoms with Crippen molar-refractivity contribution >= 4 is 10.0 Å². The Morgan fingerprint density at radius 3 is 2.47 bits per heavy atom. The molecule has 7 heteroatoms. The third-order valence-corrected chi connectivity index (χ3v) is 4.30. The Kier molecular flexibility index (Phi) is 3.87. The summed E-state index contributed by atoms with van der Waals surface area (Å²) in [5.74, 6) is 0.238. The maximum atomic E-state index is 11.8. The molecule has 0 saturated carbocycles. The van der Waals surface area contributed by atoms with Crippen LogP contribution in [-0.2, 0) is 15.8 Å². The van der Waals surface area contributed by atoms with Gasteiger partial charge in [0.1, 0.15) is 5.75 Å². The molecule has 0 N–H and O–H groups in total. The molecular formula is C12H14N4O2S. The minimum atomic E-state index is -3.35. The quantitative estimate of drug-likeness (QED) is 0.831. The molecule has 0 radical (unpaired) electrons. The Balaban J connectivity index is 2.31. The molecular weight excluding hydrogens is 264 g/mol. The van der Waals surface area contributed by atoms with Crippen LogP contribution in [0.2, 0.25) is 0 Å². The highest BCUT2D eigenvalue weighted by Crippen LogP contribution is 2.14. The van der Waals surface area contributed by atoms with E-state index in [-0.39, 0.29) is 5.75 Å². The Morgan fingerprint density at radius 1 is 1.16 bits per heavy atom. The van der Waals surface area contributed by atoms with Crippen LogP contribution < -0.4 is 0 Å². The molecule has 0 aliphatic carbocycles. The minimum absolute atomic E-state index is 0.185. The monoisotopic (exact) mass is 278 g/mol. The normalized spacial score (nSPS) is 11.7. The van der Waals surface area contributed by atoms with Crippen molar-refractivity contribution in [1.82, 2.24) is 19.5 Å². The van der Waals surface area contributed by atoms with Crippen molar-refractivity contribution in [3.05, 3.63) is 42.2 Å². The van der Waals surface area contributed by atoms with Crippen molar-refractivity contribution in [3.8, 4) is 11.4 Å². The number of hydrogen-bond donors (Lipinski definition) is 0. The third kappa shape index (κ3) is 3.33. The summed E-state index contributed by atoms with van der Waals surface area (Å²) in [6.07, 6.45) is 1.37. The number of benzene rings is 1. The van der Waals surface area contributed by atoms with Gasteiger partial charge in [0.15, 0.2) is 5.82 Å². The molecule has 0 saturated heterocycles.